The van der Waals surface area contributed by atoms with Crippen molar-refractivity contribution in [2.24, 2.45) is 23.3 Å². The largest absolute Gasteiger partial charge is 0.393 e. The van der Waals surface area contributed by atoms with E-state index in [1.165, 1.54) is 0 Å². The maximum atomic E-state index is 14.2. The van der Waals surface area contributed by atoms with Gasteiger partial charge in [-0.3, -0.25) is 19.3 Å². The monoisotopic (exact) mass is 715 g/mol. The summed E-state index contributed by atoms with van der Waals surface area (Å²) in [5, 5.41) is 26.9. The molecule has 0 saturated heterocycles. The molecular formula is C37H46ClN9O4. The molecule has 14 heteroatoms. The summed E-state index contributed by atoms with van der Waals surface area (Å²) in [5.41, 5.74) is 16.9. The van der Waals surface area contributed by atoms with Crippen LogP contribution < -0.4 is 21.7 Å². The summed E-state index contributed by atoms with van der Waals surface area (Å²) < 4.78 is 0. The van der Waals surface area contributed by atoms with Gasteiger partial charge in [-0.25, -0.2) is 4.98 Å². The van der Waals surface area contributed by atoms with Gasteiger partial charge in [0.1, 0.15) is 11.7 Å². The Labute approximate surface area is 303 Å². The number of aryl methyl sites for hydroxylation is 1. The highest BCUT2D eigenvalue weighted by Gasteiger charge is 2.36. The number of nitrogens with zero attached hydrogens (tertiary/aromatic N) is 5. The van der Waals surface area contributed by atoms with Crippen molar-refractivity contribution in [3.8, 4) is 22.5 Å². The second-order valence-electron chi connectivity index (χ2n) is 13.6. The van der Waals surface area contributed by atoms with Crippen LogP contribution in [-0.4, -0.2) is 73.2 Å². The molecule has 2 aromatic heterocycles. The first kappa shape index (κ1) is 37.5. The molecule has 6 rings (SSSR count). The summed E-state index contributed by atoms with van der Waals surface area (Å²) in [4.78, 5) is 46.4. The van der Waals surface area contributed by atoms with Crippen LogP contribution in [-0.2, 0) is 16.0 Å². The van der Waals surface area contributed by atoms with Crippen molar-refractivity contribution >= 4 is 35.8 Å². The van der Waals surface area contributed by atoms with Crippen LogP contribution in [0.2, 0.25) is 0 Å². The Kier molecular flexibility index (Phi) is 12.5. The maximum Gasteiger partial charge on any atom is 0.270 e. The van der Waals surface area contributed by atoms with Crippen molar-refractivity contribution in [2.75, 3.05) is 11.4 Å². The lowest BCUT2D eigenvalue weighted by molar-refractivity contribution is -0.127. The molecule has 2 fully saturated rings. The molecule has 2 aliphatic carbocycles. The first-order valence-electron chi connectivity index (χ1n) is 17.4. The lowest BCUT2D eigenvalue weighted by Crippen LogP contribution is -2.52. The van der Waals surface area contributed by atoms with Crippen LogP contribution in [0.4, 0.5) is 5.69 Å². The third-order valence-electron chi connectivity index (χ3n) is 10.2. The highest BCUT2D eigenvalue weighted by molar-refractivity contribution is 6.02. The van der Waals surface area contributed by atoms with E-state index in [4.69, 9.17) is 11.5 Å². The van der Waals surface area contributed by atoms with E-state index in [9.17, 15) is 19.5 Å². The minimum atomic E-state index is -0.926. The number of aliphatic hydroxyl groups is 1. The van der Waals surface area contributed by atoms with Gasteiger partial charge >= 0.3 is 0 Å². The van der Waals surface area contributed by atoms with E-state index in [0.717, 1.165) is 42.4 Å². The number of hydrogen-bond donors (Lipinski definition) is 5. The Morgan fingerprint density at radius 1 is 0.922 bits per heavy atom. The first-order valence-corrected chi connectivity index (χ1v) is 17.4. The first-order chi connectivity index (χ1) is 24.2. The van der Waals surface area contributed by atoms with Crippen molar-refractivity contribution < 1.29 is 19.5 Å². The molecule has 1 atom stereocenters. The molecular weight excluding hydrogens is 670 g/mol. The fourth-order valence-corrected chi connectivity index (χ4v) is 7.19. The van der Waals surface area contributed by atoms with E-state index in [0.29, 0.717) is 66.6 Å². The Balaban J connectivity index is 0.00000504. The van der Waals surface area contributed by atoms with E-state index < -0.39 is 11.9 Å². The predicted molar refractivity (Wildman–Crippen MR) is 196 cm³/mol. The molecule has 13 nitrogen and oxygen atoms in total. The predicted octanol–water partition coefficient (Wildman–Crippen LogP) is 3.89. The van der Waals surface area contributed by atoms with Crippen molar-refractivity contribution in [3.05, 3.63) is 77.6 Å². The zero-order valence-electron chi connectivity index (χ0n) is 28.7. The number of amides is 3. The summed E-state index contributed by atoms with van der Waals surface area (Å²) >= 11 is 0. The summed E-state index contributed by atoms with van der Waals surface area (Å²) in [6, 6.07) is 17.6. The zero-order valence-corrected chi connectivity index (χ0v) is 29.5. The van der Waals surface area contributed by atoms with Gasteiger partial charge in [0.15, 0.2) is 0 Å². The molecule has 2 saturated carbocycles. The Morgan fingerprint density at radius 2 is 1.59 bits per heavy atom. The third-order valence-corrected chi connectivity index (χ3v) is 10.2. The van der Waals surface area contributed by atoms with E-state index in [1.807, 2.05) is 37.3 Å². The SMILES string of the molecule is Cc1nc(C(=O)NC2CCC(O)CC2)ccc1-c1ccc(C[C@@H](C(N)=O)N(c2ccc(-c3nn[nH]n3)cc2)C(=O)[C@H]2CC[C@H](CN)CC2)cc1.Cl. The molecule has 0 radical (unpaired) electrons. The molecule has 0 unspecified atom stereocenters. The number of pyridine rings is 1. The number of benzene rings is 2. The zero-order chi connectivity index (χ0) is 35.2. The van der Waals surface area contributed by atoms with Crippen LogP contribution in [0.5, 0.6) is 0 Å². The number of aromatic nitrogens is 5. The molecule has 2 aromatic carbocycles. The number of halogens is 1. The van der Waals surface area contributed by atoms with Crippen LogP contribution in [0, 0.1) is 18.8 Å². The molecule has 0 aliphatic heterocycles. The lowest BCUT2D eigenvalue weighted by atomic mass is 9.81. The van der Waals surface area contributed by atoms with Gasteiger partial charge in [0.25, 0.3) is 5.91 Å². The van der Waals surface area contributed by atoms with Crippen molar-refractivity contribution in [1.82, 2.24) is 30.9 Å². The number of primary amides is 1. The molecule has 0 bridgehead atoms. The van der Waals surface area contributed by atoms with Gasteiger partial charge in [-0.2, -0.15) is 5.21 Å². The molecule has 0 spiro atoms. The van der Waals surface area contributed by atoms with Crippen LogP contribution in [0.1, 0.15) is 73.1 Å². The van der Waals surface area contributed by atoms with Gasteiger partial charge < -0.3 is 21.9 Å². The molecule has 51 heavy (non-hydrogen) atoms. The number of hydrogen-bond acceptors (Lipinski definition) is 9. The summed E-state index contributed by atoms with van der Waals surface area (Å²) in [6.07, 6.45) is 5.96. The van der Waals surface area contributed by atoms with Gasteiger partial charge in [-0.15, -0.1) is 22.6 Å². The fraction of sp³-hybridized carbons (Fsp3) is 0.432. The number of carbonyl (C=O) groups excluding carboxylic acids is 3. The molecule has 2 heterocycles. The fourth-order valence-electron chi connectivity index (χ4n) is 7.19. The van der Waals surface area contributed by atoms with Crippen LogP contribution in [0.25, 0.3) is 22.5 Å². The topological polar surface area (TPSA) is 206 Å². The van der Waals surface area contributed by atoms with E-state index >= 15 is 0 Å². The van der Waals surface area contributed by atoms with Gasteiger partial charge in [-0.05, 0) is 117 Å². The summed E-state index contributed by atoms with van der Waals surface area (Å²) in [6.45, 7) is 2.47. The van der Waals surface area contributed by atoms with Crippen LogP contribution in [0.15, 0.2) is 60.7 Å². The molecule has 2 aliphatic rings. The average molecular weight is 716 g/mol. The highest BCUT2D eigenvalue weighted by atomic mass is 35.5. The number of rotatable bonds is 11. The van der Waals surface area contributed by atoms with Gasteiger partial charge in [0, 0.05) is 40.9 Å². The van der Waals surface area contributed by atoms with E-state index in [1.54, 1.807) is 35.2 Å². The van der Waals surface area contributed by atoms with Gasteiger partial charge in [-0.1, -0.05) is 30.3 Å². The second-order valence-corrected chi connectivity index (χ2v) is 13.6. The number of tetrazole rings is 1. The number of H-pyrrole nitrogens is 1. The normalized spacial score (nSPS) is 20.8. The third kappa shape index (κ3) is 8.96. The number of nitrogens with one attached hydrogen (secondary N) is 2. The van der Waals surface area contributed by atoms with Gasteiger partial charge in [0.05, 0.1) is 6.10 Å². The lowest BCUT2D eigenvalue weighted by Gasteiger charge is -2.35. The van der Waals surface area contributed by atoms with E-state index in [2.05, 4.69) is 30.9 Å². The number of carbonyl (C=O) groups is 3. The summed E-state index contributed by atoms with van der Waals surface area (Å²) in [5.74, 6) is -0.360. The van der Waals surface area contributed by atoms with Crippen LogP contribution in [0.3, 0.4) is 0 Å². The summed E-state index contributed by atoms with van der Waals surface area (Å²) in [7, 11) is 0. The standard InChI is InChI=1S/C37H45N9O4.ClH/c1-22-31(18-19-32(40-22)36(49)41-28-12-16-30(47)17-13-28)25-6-2-23(3-7-25)20-33(34(39)48)46(37(50)27-8-4-24(21-38)5-9-27)29-14-10-26(11-15-29)35-42-44-45-43-35;/h2-3,6-7,10-11,14-15,18-19,24,27-28,30,33,47H,4-5,8-9,12-13,16-17,20-21,38H2,1H3,(H2,39,48)(H,41,49)(H,42,43,44,45);1H/t24-,27-,28?,30?,33-;/m0./s1. The number of aromatic amines is 1. The molecule has 270 valence electrons. The van der Waals surface area contributed by atoms with Gasteiger partial charge in [0.2, 0.25) is 17.6 Å². The van der Waals surface area contributed by atoms with Crippen molar-refractivity contribution in [3.63, 3.8) is 0 Å². The molecule has 3 amide bonds. The Bertz CT molecular complexity index is 1770. The minimum Gasteiger partial charge on any atom is -0.393 e. The smallest absolute Gasteiger partial charge is 0.270 e. The number of anilines is 1. The highest BCUT2D eigenvalue weighted by Crippen LogP contribution is 2.33. The Hall–Kier alpha value is -4.72. The van der Waals surface area contributed by atoms with Crippen LogP contribution >= 0.6 is 12.4 Å². The number of aliphatic hydroxyl groups excluding tert-OH is 1. The van der Waals surface area contributed by atoms with Crippen molar-refractivity contribution in [1.29, 1.82) is 0 Å². The molecule has 4 aromatic rings. The average Bonchev–Trinajstić information content (AvgIpc) is 3.68. The maximum absolute atomic E-state index is 14.2. The quantitative estimate of drug-likeness (QED) is 0.153. The number of nitrogens with two attached hydrogens (primary N) is 2. The van der Waals surface area contributed by atoms with Crippen molar-refractivity contribution in [2.45, 2.75) is 82.9 Å². The van der Waals surface area contributed by atoms with E-state index in [-0.39, 0.29) is 48.7 Å². The Morgan fingerprint density at radius 3 is 2.18 bits per heavy atom. The second kappa shape index (κ2) is 17.0. The molecule has 7 N–H and O–H groups in total. The minimum absolute atomic E-state index is 0.